The maximum Gasteiger partial charge on any atom is 0.250 e. The van der Waals surface area contributed by atoms with E-state index in [2.05, 4.69) is 10.2 Å². The van der Waals surface area contributed by atoms with Crippen molar-refractivity contribution >= 4 is 15.6 Å². The first-order chi connectivity index (χ1) is 12.6. The van der Waals surface area contributed by atoms with Crippen molar-refractivity contribution in [1.82, 2.24) is 14.8 Å². The van der Waals surface area contributed by atoms with Gasteiger partial charge < -0.3 is 5.73 Å². The van der Waals surface area contributed by atoms with Crippen LogP contribution in [-0.2, 0) is 21.2 Å². The van der Waals surface area contributed by atoms with E-state index in [1.807, 2.05) is 37.3 Å². The Labute approximate surface area is 160 Å². The molecular weight excluding hydrogens is 364 g/mol. The standard InChI is InChI=1S/C19H28N4O3S/c1-5-9-15(20)17-21-22-18(23(17)12-14-10-7-6-8-11-14)27(25,26)13-16(24)19(2,3)4/h6-8,10-11,15H,5,9,12-13,20H2,1-4H3. The predicted octanol–water partition coefficient (Wildman–Crippen LogP) is 2.52. The van der Waals surface area contributed by atoms with Gasteiger partial charge in [-0.15, -0.1) is 10.2 Å². The number of hydrogen-bond acceptors (Lipinski definition) is 6. The summed E-state index contributed by atoms with van der Waals surface area (Å²) < 4.78 is 27.3. The molecule has 0 aliphatic heterocycles. The predicted molar refractivity (Wildman–Crippen MR) is 104 cm³/mol. The maximum atomic E-state index is 12.9. The highest BCUT2D eigenvalue weighted by Gasteiger charge is 2.33. The number of aromatic nitrogens is 3. The Hall–Kier alpha value is -2.06. The summed E-state index contributed by atoms with van der Waals surface area (Å²) in [6.45, 7) is 7.36. The Morgan fingerprint density at radius 1 is 1.19 bits per heavy atom. The first kappa shape index (κ1) is 21.2. The fourth-order valence-corrected chi connectivity index (χ4v) is 4.18. The molecule has 0 saturated carbocycles. The van der Waals surface area contributed by atoms with Gasteiger partial charge in [-0.05, 0) is 12.0 Å². The van der Waals surface area contributed by atoms with Crippen LogP contribution in [0.25, 0.3) is 0 Å². The van der Waals surface area contributed by atoms with Crippen LogP contribution < -0.4 is 5.73 Å². The minimum absolute atomic E-state index is 0.203. The quantitative estimate of drug-likeness (QED) is 0.739. The molecule has 0 spiro atoms. The van der Waals surface area contributed by atoms with Crippen molar-refractivity contribution in [2.75, 3.05) is 5.75 Å². The number of rotatable bonds is 8. The van der Waals surface area contributed by atoms with Crippen LogP contribution in [0.5, 0.6) is 0 Å². The maximum absolute atomic E-state index is 12.9. The van der Waals surface area contributed by atoms with Gasteiger partial charge in [0.05, 0.1) is 12.6 Å². The molecule has 1 aromatic heterocycles. The summed E-state index contributed by atoms with van der Waals surface area (Å²) in [4.78, 5) is 12.3. The monoisotopic (exact) mass is 392 g/mol. The van der Waals surface area contributed by atoms with Gasteiger partial charge >= 0.3 is 0 Å². The van der Waals surface area contributed by atoms with Crippen molar-refractivity contribution in [3.63, 3.8) is 0 Å². The number of nitrogens with two attached hydrogens (primary N) is 1. The van der Waals surface area contributed by atoms with Crippen LogP contribution in [-0.4, -0.2) is 34.7 Å². The number of carbonyl (C=O) groups excluding carboxylic acids is 1. The molecule has 0 radical (unpaired) electrons. The lowest BCUT2D eigenvalue weighted by molar-refractivity contribution is -0.123. The van der Waals surface area contributed by atoms with Crippen molar-refractivity contribution < 1.29 is 13.2 Å². The molecule has 0 bridgehead atoms. The molecule has 1 heterocycles. The van der Waals surface area contributed by atoms with Crippen molar-refractivity contribution in [1.29, 1.82) is 0 Å². The second-order valence-corrected chi connectivity index (χ2v) is 9.62. The van der Waals surface area contributed by atoms with Crippen LogP contribution in [0.4, 0.5) is 0 Å². The molecule has 0 saturated heterocycles. The Bertz CT molecular complexity index is 883. The summed E-state index contributed by atoms with van der Waals surface area (Å²) in [5, 5.41) is 7.78. The Balaban J connectivity index is 2.47. The lowest BCUT2D eigenvalue weighted by Gasteiger charge is -2.17. The number of sulfone groups is 1. The number of carbonyl (C=O) groups is 1. The van der Waals surface area contributed by atoms with Crippen LogP contribution in [0.15, 0.2) is 35.5 Å². The van der Waals surface area contributed by atoms with Gasteiger partial charge in [0.2, 0.25) is 9.84 Å². The molecule has 1 atom stereocenters. The Morgan fingerprint density at radius 3 is 2.37 bits per heavy atom. The molecule has 0 aliphatic rings. The number of ketones is 1. The fraction of sp³-hybridized carbons (Fsp3) is 0.526. The van der Waals surface area contributed by atoms with Crippen molar-refractivity contribution in [2.45, 2.75) is 58.3 Å². The molecular formula is C19H28N4O3S. The lowest BCUT2D eigenvalue weighted by atomic mass is 9.92. The van der Waals surface area contributed by atoms with E-state index in [0.29, 0.717) is 12.2 Å². The summed E-state index contributed by atoms with van der Waals surface area (Å²) in [6.07, 6.45) is 1.50. The molecule has 7 nitrogen and oxygen atoms in total. The Morgan fingerprint density at radius 2 is 1.81 bits per heavy atom. The summed E-state index contributed by atoms with van der Waals surface area (Å²) in [6, 6.07) is 9.01. The highest BCUT2D eigenvalue weighted by Crippen LogP contribution is 2.22. The van der Waals surface area contributed by atoms with Gasteiger partial charge in [-0.1, -0.05) is 64.4 Å². The third-order valence-corrected chi connectivity index (χ3v) is 5.80. The molecule has 2 aromatic rings. The van der Waals surface area contributed by atoms with Gasteiger partial charge in [0.1, 0.15) is 5.75 Å². The van der Waals surface area contributed by atoms with Gasteiger partial charge in [-0.25, -0.2) is 8.42 Å². The topological polar surface area (TPSA) is 108 Å². The van der Waals surface area contributed by atoms with Gasteiger partial charge in [-0.3, -0.25) is 9.36 Å². The molecule has 27 heavy (non-hydrogen) atoms. The first-order valence-electron chi connectivity index (χ1n) is 9.05. The normalized spacial score (nSPS) is 13.5. The van der Waals surface area contributed by atoms with Crippen LogP contribution in [0.2, 0.25) is 0 Å². The van der Waals surface area contributed by atoms with E-state index in [-0.39, 0.29) is 17.5 Å². The van der Waals surface area contributed by atoms with Gasteiger partial charge in [0, 0.05) is 5.41 Å². The van der Waals surface area contributed by atoms with E-state index in [1.54, 1.807) is 20.8 Å². The van der Waals surface area contributed by atoms with Crippen LogP contribution in [0, 0.1) is 5.41 Å². The zero-order chi connectivity index (χ0) is 20.2. The van der Waals surface area contributed by atoms with Crippen molar-refractivity contribution in [2.24, 2.45) is 11.1 Å². The van der Waals surface area contributed by atoms with Crippen LogP contribution in [0.1, 0.15) is 58.0 Å². The summed E-state index contributed by atoms with van der Waals surface area (Å²) >= 11 is 0. The van der Waals surface area contributed by atoms with Gasteiger partial charge in [0.15, 0.2) is 11.6 Å². The second-order valence-electron chi connectivity index (χ2n) is 7.74. The molecule has 2 rings (SSSR count). The smallest absolute Gasteiger partial charge is 0.250 e. The van der Waals surface area contributed by atoms with Crippen LogP contribution in [0.3, 0.4) is 0 Å². The highest BCUT2D eigenvalue weighted by atomic mass is 32.2. The lowest BCUT2D eigenvalue weighted by Crippen LogP contribution is -2.30. The summed E-state index contributed by atoms with van der Waals surface area (Å²) in [7, 11) is -3.94. The molecule has 8 heteroatoms. The molecule has 0 aliphatic carbocycles. The number of nitrogens with zero attached hydrogens (tertiary/aromatic N) is 3. The summed E-state index contributed by atoms with van der Waals surface area (Å²) in [5.74, 6) is -0.550. The van der Waals surface area contributed by atoms with Gasteiger partial charge in [-0.2, -0.15) is 0 Å². The average molecular weight is 393 g/mol. The molecule has 0 amide bonds. The molecule has 148 valence electrons. The second kappa shape index (κ2) is 8.31. The average Bonchev–Trinajstić information content (AvgIpc) is 2.99. The van der Waals surface area contributed by atoms with E-state index < -0.39 is 27.0 Å². The van der Waals surface area contributed by atoms with E-state index in [9.17, 15) is 13.2 Å². The van der Waals surface area contributed by atoms with Crippen LogP contribution >= 0.6 is 0 Å². The van der Waals surface area contributed by atoms with Crippen molar-refractivity contribution in [3.05, 3.63) is 41.7 Å². The fourth-order valence-electron chi connectivity index (χ4n) is 2.61. The number of hydrogen-bond donors (Lipinski definition) is 1. The SMILES string of the molecule is CCCC(N)c1nnc(S(=O)(=O)CC(=O)C(C)(C)C)n1Cc1ccccc1. The molecule has 1 aromatic carbocycles. The molecule has 2 N–H and O–H groups in total. The minimum atomic E-state index is -3.94. The third kappa shape index (κ3) is 5.23. The largest absolute Gasteiger partial charge is 0.321 e. The third-order valence-electron chi connectivity index (χ3n) is 4.30. The van der Waals surface area contributed by atoms with E-state index in [4.69, 9.17) is 5.73 Å². The van der Waals surface area contributed by atoms with E-state index >= 15 is 0 Å². The van der Waals surface area contributed by atoms with E-state index in [1.165, 1.54) is 4.57 Å². The number of Topliss-reactive ketones (excluding diaryl/α,β-unsaturated/α-hetero) is 1. The first-order valence-corrected chi connectivity index (χ1v) is 10.7. The molecule has 1 unspecified atom stereocenters. The summed E-state index contributed by atoms with van der Waals surface area (Å²) in [5.41, 5.74) is 6.35. The zero-order valence-corrected chi connectivity index (χ0v) is 17.2. The van der Waals surface area contributed by atoms with Gasteiger partial charge in [0.25, 0.3) is 5.16 Å². The Kier molecular flexibility index (Phi) is 6.54. The zero-order valence-electron chi connectivity index (χ0n) is 16.3. The van der Waals surface area contributed by atoms with Crippen molar-refractivity contribution in [3.8, 4) is 0 Å². The molecule has 0 fully saturated rings. The minimum Gasteiger partial charge on any atom is -0.321 e. The highest BCUT2D eigenvalue weighted by molar-refractivity contribution is 7.92. The number of benzene rings is 1. The van der Waals surface area contributed by atoms with E-state index in [0.717, 1.165) is 12.0 Å².